The van der Waals surface area contributed by atoms with E-state index in [1.165, 1.54) is 42.2 Å². The fourth-order valence-electron chi connectivity index (χ4n) is 6.47. The molecule has 2 aromatic heterocycles. The van der Waals surface area contributed by atoms with Crippen molar-refractivity contribution in [2.24, 2.45) is 13.0 Å². The van der Waals surface area contributed by atoms with E-state index >= 15 is 8.78 Å². The van der Waals surface area contributed by atoms with Crippen molar-refractivity contribution in [2.75, 3.05) is 58.7 Å². The topological polar surface area (TPSA) is 116 Å². The highest BCUT2D eigenvalue weighted by atomic mass is 35.5. The summed E-state index contributed by atoms with van der Waals surface area (Å²) in [5.41, 5.74) is 1.88. The van der Waals surface area contributed by atoms with Crippen molar-refractivity contribution in [3.8, 4) is 22.4 Å². The van der Waals surface area contributed by atoms with E-state index in [1.807, 2.05) is 4.90 Å². The molecule has 2 N–H and O–H groups in total. The Morgan fingerprint density at radius 2 is 1.77 bits per heavy atom. The van der Waals surface area contributed by atoms with Gasteiger partial charge in [0, 0.05) is 55.3 Å². The molecule has 6 rings (SSSR count). The summed E-state index contributed by atoms with van der Waals surface area (Å²) in [7, 11) is 5.67. The molecule has 0 atom stereocenters. The quantitative estimate of drug-likeness (QED) is 0.274. The van der Waals surface area contributed by atoms with Crippen LogP contribution in [0.5, 0.6) is 0 Å². The zero-order valence-corrected chi connectivity index (χ0v) is 28.1. The smallest absolute Gasteiger partial charge is 0.291 e. The van der Waals surface area contributed by atoms with Gasteiger partial charge in [0.15, 0.2) is 24.0 Å². The number of piperidine rings is 1. The predicted octanol–water partition coefficient (Wildman–Crippen LogP) is 4.74. The number of likely N-dealkylation sites (tertiary alicyclic amines) is 1. The van der Waals surface area contributed by atoms with Crippen molar-refractivity contribution in [1.29, 1.82) is 0 Å². The van der Waals surface area contributed by atoms with Gasteiger partial charge in [-0.3, -0.25) is 19.5 Å². The number of hydrogen-bond donors (Lipinski definition) is 2. The van der Waals surface area contributed by atoms with Gasteiger partial charge in [-0.15, -0.1) is 0 Å². The lowest BCUT2D eigenvalue weighted by Crippen LogP contribution is -2.58. The summed E-state index contributed by atoms with van der Waals surface area (Å²) in [5.74, 6) is -2.40. The molecule has 14 heteroatoms. The number of aromatic amines is 1. The maximum absolute atomic E-state index is 15.2. The molecule has 2 saturated heterocycles. The highest BCUT2D eigenvalue weighted by molar-refractivity contribution is 6.34. The summed E-state index contributed by atoms with van der Waals surface area (Å²) in [4.78, 5) is 47.0. The third-order valence-corrected chi connectivity index (χ3v) is 9.71. The molecule has 0 spiro atoms. The van der Waals surface area contributed by atoms with E-state index in [9.17, 15) is 14.4 Å². The number of hydrogen-bond acceptors (Lipinski definition) is 5. The number of anilines is 1. The van der Waals surface area contributed by atoms with Crippen LogP contribution in [0.25, 0.3) is 22.4 Å². The molecule has 0 radical (unpaired) electrons. The minimum Gasteiger partial charge on any atom is -0.339 e. The number of nitrogens with one attached hydrogen (secondary N) is 2. The number of piperazine rings is 1. The van der Waals surface area contributed by atoms with Gasteiger partial charge >= 0.3 is 0 Å². The third-order valence-electron chi connectivity index (χ3n) is 9.40. The Kier molecular flexibility index (Phi) is 9.10. The van der Waals surface area contributed by atoms with Gasteiger partial charge in [0.2, 0.25) is 0 Å². The first-order chi connectivity index (χ1) is 22.8. The molecule has 3 amide bonds. The number of quaternary nitrogens is 1. The number of carbonyl (C=O) groups is 3. The van der Waals surface area contributed by atoms with Gasteiger partial charge in [0.05, 0.1) is 55.4 Å². The number of aromatic nitrogens is 4. The minimum atomic E-state index is -1.07. The fraction of sp³-hybridized carbons (Fsp3) is 0.382. The largest absolute Gasteiger partial charge is 0.339 e. The normalized spacial score (nSPS) is 16.8. The van der Waals surface area contributed by atoms with Gasteiger partial charge in [0.25, 0.3) is 17.7 Å². The number of amides is 3. The van der Waals surface area contributed by atoms with Crippen LogP contribution in [0, 0.1) is 24.5 Å². The van der Waals surface area contributed by atoms with Gasteiger partial charge < -0.3 is 24.2 Å². The molecule has 11 nitrogen and oxygen atoms in total. The summed E-state index contributed by atoms with van der Waals surface area (Å²) in [6.07, 6.45) is 4.41. The molecular weight excluding hydrogens is 642 g/mol. The van der Waals surface area contributed by atoms with Crippen molar-refractivity contribution in [1.82, 2.24) is 29.5 Å². The first kappa shape index (κ1) is 33.3. The molecule has 252 valence electrons. The SMILES string of the molecule is Cc1n[nH]cc1-c1ccc(-c2cnc(C(=O)Nc3ccc(C(=O)N4CCC(CN5CC[N+](C)(C)CC5=O)CC4)c(Cl)c3)n2C)c(F)c1F. The Morgan fingerprint density at radius 3 is 2.44 bits per heavy atom. The van der Waals surface area contributed by atoms with E-state index < -0.39 is 17.5 Å². The number of likely N-dealkylation sites (N-methyl/N-ethyl adjacent to an activating group) is 1. The minimum absolute atomic E-state index is 0.0345. The number of rotatable bonds is 7. The molecule has 0 bridgehead atoms. The zero-order chi connectivity index (χ0) is 34.3. The first-order valence-electron chi connectivity index (χ1n) is 15.8. The number of halogens is 3. The van der Waals surface area contributed by atoms with E-state index in [4.69, 9.17) is 11.6 Å². The van der Waals surface area contributed by atoms with Gasteiger partial charge in [-0.05, 0) is 49.9 Å². The molecule has 2 aromatic carbocycles. The molecule has 4 aromatic rings. The second kappa shape index (κ2) is 13.1. The monoisotopic (exact) mass is 679 g/mol. The molecule has 0 saturated carbocycles. The molecule has 0 unspecified atom stereocenters. The zero-order valence-electron chi connectivity index (χ0n) is 27.3. The highest BCUT2D eigenvalue weighted by Gasteiger charge is 2.34. The Bertz CT molecular complexity index is 1900. The van der Waals surface area contributed by atoms with Gasteiger partial charge in [-0.25, -0.2) is 13.8 Å². The Morgan fingerprint density at radius 1 is 1.06 bits per heavy atom. The number of nitrogens with zero attached hydrogens (tertiary/aromatic N) is 6. The molecule has 4 heterocycles. The second-order valence-electron chi connectivity index (χ2n) is 13.2. The maximum atomic E-state index is 15.2. The Balaban J connectivity index is 1.08. The summed E-state index contributed by atoms with van der Waals surface area (Å²) in [6.45, 7) is 5.75. The van der Waals surface area contributed by atoms with Gasteiger partial charge in [-0.2, -0.15) is 5.10 Å². The summed E-state index contributed by atoms with van der Waals surface area (Å²) >= 11 is 6.53. The van der Waals surface area contributed by atoms with Crippen molar-refractivity contribution in [3.63, 3.8) is 0 Å². The maximum Gasteiger partial charge on any atom is 0.291 e. The average Bonchev–Trinajstić information content (AvgIpc) is 3.64. The average molecular weight is 680 g/mol. The van der Waals surface area contributed by atoms with Crippen LogP contribution in [0.1, 0.15) is 39.5 Å². The second-order valence-corrected chi connectivity index (χ2v) is 13.6. The van der Waals surface area contributed by atoms with Gasteiger partial charge in [0.1, 0.15) is 0 Å². The molecule has 2 fully saturated rings. The van der Waals surface area contributed by atoms with E-state index in [2.05, 4.69) is 34.6 Å². The molecule has 2 aliphatic rings. The molecule has 0 aliphatic carbocycles. The van der Waals surface area contributed by atoms with Crippen LogP contribution in [-0.2, 0) is 11.8 Å². The molecule has 2 aliphatic heterocycles. The van der Waals surface area contributed by atoms with Crippen LogP contribution in [-0.4, -0.2) is 105 Å². The summed E-state index contributed by atoms with van der Waals surface area (Å²) < 4.78 is 32.4. The van der Waals surface area contributed by atoms with Crippen LogP contribution in [0.2, 0.25) is 5.02 Å². The predicted molar refractivity (Wildman–Crippen MR) is 177 cm³/mol. The van der Waals surface area contributed by atoms with E-state index in [0.717, 1.165) is 32.5 Å². The van der Waals surface area contributed by atoms with E-state index in [-0.39, 0.29) is 39.5 Å². The van der Waals surface area contributed by atoms with Crippen LogP contribution < -0.4 is 5.32 Å². The van der Waals surface area contributed by atoms with Crippen molar-refractivity contribution in [3.05, 3.63) is 76.5 Å². The number of H-pyrrole nitrogens is 1. The molecular formula is C34H38ClF2N8O3+. The standard InChI is InChI=1S/C34H37ClF2N8O3/c1-20-26(16-39-41-20)23-7-8-25(31(37)30(23)36)28-17-38-32(42(28)2)33(47)40-22-5-6-24(27(35)15-22)34(48)43-11-9-21(10-12-43)18-44-13-14-45(3,4)19-29(44)46/h5-8,15-17,21H,9-14,18-19H2,1-4H3,(H-,39,40,41,47,48)/p+1. The van der Waals surface area contributed by atoms with Crippen LogP contribution >= 0.6 is 11.6 Å². The number of imidazole rings is 1. The first-order valence-corrected chi connectivity index (χ1v) is 16.2. The van der Waals surface area contributed by atoms with Crippen LogP contribution in [0.3, 0.4) is 0 Å². The Labute approximate surface area is 282 Å². The number of carbonyl (C=O) groups excluding carboxylic acids is 3. The molecule has 48 heavy (non-hydrogen) atoms. The number of benzene rings is 2. The number of aryl methyl sites for hydroxylation is 1. The highest BCUT2D eigenvalue weighted by Crippen LogP contribution is 2.33. The van der Waals surface area contributed by atoms with E-state index in [0.29, 0.717) is 52.5 Å². The Hall–Kier alpha value is -4.62. The van der Waals surface area contributed by atoms with Crippen molar-refractivity contribution in [2.45, 2.75) is 19.8 Å². The lowest BCUT2D eigenvalue weighted by atomic mass is 9.95. The van der Waals surface area contributed by atoms with Crippen LogP contribution in [0.4, 0.5) is 14.5 Å². The third kappa shape index (κ3) is 6.56. The fourth-order valence-corrected chi connectivity index (χ4v) is 6.73. The lowest BCUT2D eigenvalue weighted by Gasteiger charge is -2.41. The van der Waals surface area contributed by atoms with E-state index in [1.54, 1.807) is 24.0 Å². The van der Waals surface area contributed by atoms with Crippen molar-refractivity contribution >= 4 is 35.0 Å². The van der Waals surface area contributed by atoms with Gasteiger partial charge in [-0.1, -0.05) is 17.7 Å². The summed E-state index contributed by atoms with van der Waals surface area (Å²) in [6, 6.07) is 7.55. The lowest BCUT2D eigenvalue weighted by molar-refractivity contribution is -0.885. The van der Waals surface area contributed by atoms with Crippen LogP contribution in [0.15, 0.2) is 42.7 Å². The summed E-state index contributed by atoms with van der Waals surface area (Å²) in [5, 5.41) is 9.52. The van der Waals surface area contributed by atoms with Crippen molar-refractivity contribution < 1.29 is 27.6 Å².